The quantitative estimate of drug-likeness (QED) is 0.0546. The van der Waals surface area contributed by atoms with E-state index in [-0.39, 0.29) is 35.7 Å². The van der Waals surface area contributed by atoms with Gasteiger partial charge in [0.15, 0.2) is 0 Å². The maximum Gasteiger partial charge on any atom is 0.422 e. The third kappa shape index (κ3) is 9.15. The van der Waals surface area contributed by atoms with Crippen LogP contribution < -0.4 is 32.4 Å². The Morgan fingerprint density at radius 1 is 0.628 bits per heavy atom. The van der Waals surface area contributed by atoms with Gasteiger partial charge < -0.3 is 41.9 Å². The van der Waals surface area contributed by atoms with E-state index in [0.29, 0.717) is 32.5 Å². The summed E-state index contributed by atoms with van der Waals surface area (Å²) in [6.07, 6.45) is -0.293. The molecule has 12 heteroatoms. The standard InChI is InChI=1S/C29H28N4O6S2.C2H6/c30-19-5-1-17(2-6-19)27(34)36-14-13-29(37-23-15-21(32)9-11-25(23)40,38-24-16-22(33)10-12-26(24)41)39-28(35)18-3-7-20(31)8-4-18;1-2/h1-12,15-16,40-41H,13-14,30-33H2;1-2H3. The molecule has 0 aliphatic heterocycles. The Balaban J connectivity index is 0.00000248. The first-order valence-corrected chi connectivity index (χ1v) is 14.1. The van der Waals surface area contributed by atoms with Crippen molar-refractivity contribution in [1.29, 1.82) is 0 Å². The zero-order valence-corrected chi connectivity index (χ0v) is 25.4. The number of carbonyl (C=O) groups is 2. The van der Waals surface area contributed by atoms with Crippen molar-refractivity contribution in [2.75, 3.05) is 29.5 Å². The van der Waals surface area contributed by atoms with Crippen LogP contribution in [0.15, 0.2) is 94.7 Å². The highest BCUT2D eigenvalue weighted by Gasteiger charge is 2.42. The maximum atomic E-state index is 13.4. The third-order valence-corrected chi connectivity index (χ3v) is 6.42. The number of anilines is 4. The molecule has 0 saturated carbocycles. The molecule has 0 aliphatic rings. The van der Waals surface area contributed by atoms with Crippen molar-refractivity contribution >= 4 is 59.9 Å². The van der Waals surface area contributed by atoms with Crippen molar-refractivity contribution in [2.45, 2.75) is 36.0 Å². The van der Waals surface area contributed by atoms with E-state index in [1.807, 2.05) is 13.8 Å². The van der Waals surface area contributed by atoms with Crippen LogP contribution in [0.1, 0.15) is 41.0 Å². The zero-order valence-electron chi connectivity index (χ0n) is 23.7. The van der Waals surface area contributed by atoms with Crippen LogP contribution >= 0.6 is 25.3 Å². The summed E-state index contributed by atoms with van der Waals surface area (Å²) in [6.45, 7) is 3.70. The van der Waals surface area contributed by atoms with Crippen LogP contribution in [-0.4, -0.2) is 24.5 Å². The topological polar surface area (TPSA) is 175 Å². The van der Waals surface area contributed by atoms with Crippen LogP contribution in [0.3, 0.4) is 0 Å². The van der Waals surface area contributed by atoms with E-state index in [2.05, 4.69) is 25.3 Å². The third-order valence-electron chi connectivity index (χ3n) is 5.68. The molecule has 0 aromatic heterocycles. The number of thiol groups is 2. The van der Waals surface area contributed by atoms with Crippen molar-refractivity contribution in [3.63, 3.8) is 0 Å². The number of carbonyl (C=O) groups excluding carboxylic acids is 2. The lowest BCUT2D eigenvalue weighted by Gasteiger charge is -2.34. The van der Waals surface area contributed by atoms with Crippen molar-refractivity contribution in [1.82, 2.24) is 0 Å². The van der Waals surface area contributed by atoms with Crippen LogP contribution in [0, 0.1) is 0 Å². The molecule has 10 nitrogen and oxygen atoms in total. The fourth-order valence-electron chi connectivity index (χ4n) is 3.57. The molecule has 0 saturated heterocycles. The molecule has 0 fully saturated rings. The van der Waals surface area contributed by atoms with Gasteiger partial charge in [0.2, 0.25) is 0 Å². The predicted molar refractivity (Wildman–Crippen MR) is 174 cm³/mol. The molecule has 0 spiro atoms. The second kappa shape index (κ2) is 15.0. The highest BCUT2D eigenvalue weighted by atomic mass is 32.1. The normalized spacial score (nSPS) is 10.6. The molecule has 43 heavy (non-hydrogen) atoms. The van der Waals surface area contributed by atoms with E-state index in [0.717, 1.165) is 0 Å². The van der Waals surface area contributed by atoms with Gasteiger partial charge in [-0.3, -0.25) is 0 Å². The largest absolute Gasteiger partial charge is 0.462 e. The molecule has 4 aromatic rings. The molecule has 0 radical (unpaired) electrons. The van der Waals surface area contributed by atoms with Crippen LogP contribution in [0.4, 0.5) is 22.7 Å². The molecule has 0 amide bonds. The second-order valence-electron chi connectivity index (χ2n) is 8.86. The monoisotopic (exact) mass is 622 g/mol. The fraction of sp³-hybridized carbons (Fsp3) is 0.161. The minimum absolute atomic E-state index is 0.132. The molecule has 4 aromatic carbocycles. The molecular formula is C31H34N4O6S2. The minimum atomic E-state index is -2.21. The van der Waals surface area contributed by atoms with Crippen molar-refractivity contribution in [3.8, 4) is 11.5 Å². The molecule has 0 atom stereocenters. The number of nitrogen functional groups attached to an aromatic ring is 4. The lowest BCUT2D eigenvalue weighted by atomic mass is 10.2. The van der Waals surface area contributed by atoms with Gasteiger partial charge in [-0.15, -0.1) is 25.3 Å². The van der Waals surface area contributed by atoms with E-state index in [1.165, 1.54) is 36.4 Å². The summed E-state index contributed by atoms with van der Waals surface area (Å²) in [5, 5.41) is 0. The van der Waals surface area contributed by atoms with Gasteiger partial charge in [0.25, 0.3) is 0 Å². The molecule has 0 heterocycles. The van der Waals surface area contributed by atoms with E-state index in [4.69, 9.17) is 41.9 Å². The smallest absolute Gasteiger partial charge is 0.422 e. The Hall–Kier alpha value is -4.68. The fourth-order valence-corrected chi connectivity index (χ4v) is 3.94. The average molecular weight is 623 g/mol. The Labute approximate surface area is 261 Å². The van der Waals surface area contributed by atoms with E-state index < -0.39 is 17.9 Å². The number of ether oxygens (including phenoxy) is 4. The summed E-state index contributed by atoms with van der Waals surface area (Å²) in [7, 11) is 0. The van der Waals surface area contributed by atoms with Gasteiger partial charge in [-0.2, -0.15) is 0 Å². The van der Waals surface area contributed by atoms with E-state index in [9.17, 15) is 9.59 Å². The van der Waals surface area contributed by atoms with Gasteiger partial charge >= 0.3 is 17.9 Å². The van der Waals surface area contributed by atoms with Crippen molar-refractivity contribution in [3.05, 3.63) is 96.1 Å². The molecule has 0 unspecified atom stereocenters. The Morgan fingerprint density at radius 3 is 1.47 bits per heavy atom. The number of esters is 2. The van der Waals surface area contributed by atoms with Gasteiger partial charge in [-0.1, -0.05) is 13.8 Å². The van der Waals surface area contributed by atoms with Crippen LogP contribution in [0.5, 0.6) is 11.5 Å². The van der Waals surface area contributed by atoms with Gasteiger partial charge in [0.1, 0.15) is 24.5 Å². The number of nitrogens with two attached hydrogens (primary N) is 4. The van der Waals surface area contributed by atoms with Gasteiger partial charge in [0, 0.05) is 44.7 Å². The van der Waals surface area contributed by atoms with Gasteiger partial charge in [-0.05, 0) is 72.8 Å². The maximum absolute atomic E-state index is 13.4. The molecule has 8 N–H and O–H groups in total. The molecule has 226 valence electrons. The summed E-state index contributed by atoms with van der Waals surface area (Å²) in [5.41, 5.74) is 25.5. The van der Waals surface area contributed by atoms with Gasteiger partial charge in [-0.25, -0.2) is 9.59 Å². The SMILES string of the molecule is CC.Nc1ccc(C(=O)OCCC(OC(=O)c2ccc(N)cc2)(Oc2cc(N)ccc2S)Oc2cc(N)ccc2S)cc1. The summed E-state index contributed by atoms with van der Waals surface area (Å²) in [6, 6.07) is 21.7. The Morgan fingerprint density at radius 2 is 1.02 bits per heavy atom. The first-order chi connectivity index (χ1) is 20.5. The highest BCUT2D eigenvalue weighted by Crippen LogP contribution is 2.36. The average Bonchev–Trinajstić information content (AvgIpc) is 2.98. The minimum Gasteiger partial charge on any atom is -0.462 e. The summed E-state index contributed by atoms with van der Waals surface area (Å²) < 4.78 is 23.8. The molecular weight excluding hydrogens is 588 g/mol. The first-order valence-electron chi connectivity index (χ1n) is 13.2. The Bertz CT molecular complexity index is 1500. The molecule has 4 rings (SSSR count). The lowest BCUT2D eigenvalue weighted by Crippen LogP contribution is -2.48. The number of hydrogen-bond donors (Lipinski definition) is 6. The molecule has 0 aliphatic carbocycles. The van der Waals surface area contributed by atoms with E-state index >= 15 is 0 Å². The predicted octanol–water partition coefficient (Wildman–Crippen LogP) is 5.83. The summed E-state index contributed by atoms with van der Waals surface area (Å²) >= 11 is 8.90. The highest BCUT2D eigenvalue weighted by molar-refractivity contribution is 7.80. The van der Waals surface area contributed by atoms with E-state index in [1.54, 1.807) is 48.5 Å². The van der Waals surface area contributed by atoms with Crippen LogP contribution in [0.2, 0.25) is 0 Å². The summed E-state index contributed by atoms with van der Waals surface area (Å²) in [4.78, 5) is 26.8. The Kier molecular flexibility index (Phi) is 11.4. The molecule has 0 bridgehead atoms. The van der Waals surface area contributed by atoms with Crippen LogP contribution in [-0.2, 0) is 9.47 Å². The van der Waals surface area contributed by atoms with Crippen molar-refractivity contribution in [2.24, 2.45) is 0 Å². The first kappa shape index (κ1) is 32.8. The number of rotatable bonds is 10. The zero-order chi connectivity index (χ0) is 31.6. The number of hydrogen-bond acceptors (Lipinski definition) is 12. The second-order valence-corrected chi connectivity index (χ2v) is 9.82. The van der Waals surface area contributed by atoms with Crippen LogP contribution in [0.25, 0.3) is 0 Å². The summed E-state index contributed by atoms with van der Waals surface area (Å²) in [5.74, 6) is -3.40. The lowest BCUT2D eigenvalue weighted by molar-refractivity contribution is -0.277. The number of benzene rings is 4. The van der Waals surface area contributed by atoms with Crippen molar-refractivity contribution < 1.29 is 28.5 Å². The van der Waals surface area contributed by atoms with Gasteiger partial charge in [0.05, 0.1) is 11.1 Å².